The van der Waals surface area contributed by atoms with Gasteiger partial charge in [-0.15, -0.1) is 0 Å². The molecule has 2 heterocycles. The van der Waals surface area contributed by atoms with Crippen molar-refractivity contribution in [1.29, 1.82) is 0 Å². The molecule has 0 saturated heterocycles. The van der Waals surface area contributed by atoms with E-state index in [9.17, 15) is 9.59 Å². The Morgan fingerprint density at radius 3 is 2.95 bits per heavy atom. The van der Waals surface area contributed by atoms with E-state index < -0.39 is 5.97 Å². The molecule has 1 aliphatic carbocycles. The topological polar surface area (TPSA) is 74.9 Å². The van der Waals surface area contributed by atoms with Crippen LogP contribution in [0.15, 0.2) is 35.3 Å². The van der Waals surface area contributed by atoms with Crippen molar-refractivity contribution < 1.29 is 9.90 Å². The summed E-state index contributed by atoms with van der Waals surface area (Å²) in [6.45, 7) is 1.02. The molecule has 0 unspecified atom stereocenters. The third-order valence-electron chi connectivity index (χ3n) is 3.67. The Bertz CT molecular complexity index is 721. The fourth-order valence-electron chi connectivity index (χ4n) is 2.46. The molecule has 1 fully saturated rings. The molecule has 1 saturated carbocycles. The van der Waals surface area contributed by atoms with Crippen molar-refractivity contribution in [2.75, 3.05) is 6.54 Å². The number of fused-ring (bicyclic) bond motifs is 1. The van der Waals surface area contributed by atoms with E-state index in [1.54, 1.807) is 18.3 Å². The van der Waals surface area contributed by atoms with Gasteiger partial charge in [0.2, 0.25) is 0 Å². The maximum absolute atomic E-state index is 12.0. The van der Waals surface area contributed by atoms with Gasteiger partial charge in [0, 0.05) is 31.4 Å². The lowest BCUT2D eigenvalue weighted by Gasteiger charge is -2.20. The van der Waals surface area contributed by atoms with Crippen molar-refractivity contribution >= 4 is 11.6 Å². The van der Waals surface area contributed by atoms with Gasteiger partial charge in [-0.25, -0.2) is 4.98 Å². The predicted molar refractivity (Wildman–Crippen MR) is 77.1 cm³/mol. The maximum Gasteiger partial charge on any atom is 0.304 e. The third-order valence-corrected chi connectivity index (χ3v) is 3.67. The Hall–Kier alpha value is -2.21. The molecular weight excluding hydrogens is 270 g/mol. The van der Waals surface area contributed by atoms with E-state index in [4.69, 9.17) is 5.11 Å². The molecule has 6 heteroatoms. The lowest BCUT2D eigenvalue weighted by atomic mass is 10.3. The van der Waals surface area contributed by atoms with E-state index in [0.717, 1.165) is 12.8 Å². The predicted octanol–water partition coefficient (Wildman–Crippen LogP) is 1.13. The summed E-state index contributed by atoms with van der Waals surface area (Å²) in [5.41, 5.74) is 1.21. The summed E-state index contributed by atoms with van der Waals surface area (Å²) in [5, 5.41) is 8.82. The fourth-order valence-corrected chi connectivity index (χ4v) is 2.46. The van der Waals surface area contributed by atoms with Gasteiger partial charge in [-0.1, -0.05) is 6.07 Å². The second-order valence-corrected chi connectivity index (χ2v) is 5.36. The minimum Gasteiger partial charge on any atom is -0.481 e. The average Bonchev–Trinajstić information content (AvgIpc) is 3.28. The Kier molecular flexibility index (Phi) is 3.70. The molecule has 0 radical (unpaired) electrons. The number of pyridine rings is 1. The van der Waals surface area contributed by atoms with Gasteiger partial charge in [-0.05, 0) is 25.0 Å². The zero-order valence-corrected chi connectivity index (χ0v) is 11.6. The van der Waals surface area contributed by atoms with Gasteiger partial charge in [0.05, 0.1) is 12.1 Å². The van der Waals surface area contributed by atoms with Crippen LogP contribution in [0.2, 0.25) is 0 Å². The Balaban J connectivity index is 1.82. The Morgan fingerprint density at radius 1 is 1.43 bits per heavy atom. The van der Waals surface area contributed by atoms with E-state index >= 15 is 0 Å². The SMILES string of the molecule is O=C(O)CCN(Cc1cc(=O)n2ccccc2n1)C1CC1. The van der Waals surface area contributed by atoms with Crippen molar-refractivity contribution in [1.82, 2.24) is 14.3 Å². The second kappa shape index (κ2) is 5.65. The lowest BCUT2D eigenvalue weighted by molar-refractivity contribution is -0.137. The number of nitrogens with zero attached hydrogens (tertiary/aromatic N) is 3. The van der Waals surface area contributed by atoms with Crippen LogP contribution in [0, 0.1) is 0 Å². The van der Waals surface area contributed by atoms with Gasteiger partial charge in [0.1, 0.15) is 5.65 Å². The molecule has 0 bridgehead atoms. The quantitative estimate of drug-likeness (QED) is 0.862. The van der Waals surface area contributed by atoms with Crippen LogP contribution in [0.4, 0.5) is 0 Å². The molecule has 2 aromatic rings. The van der Waals surface area contributed by atoms with E-state index in [1.165, 1.54) is 10.5 Å². The molecule has 1 N–H and O–H groups in total. The molecule has 1 aliphatic rings. The number of aromatic nitrogens is 2. The maximum atomic E-state index is 12.0. The smallest absolute Gasteiger partial charge is 0.304 e. The highest BCUT2D eigenvalue weighted by Gasteiger charge is 2.29. The van der Waals surface area contributed by atoms with Crippen molar-refractivity contribution in [2.45, 2.75) is 31.8 Å². The van der Waals surface area contributed by atoms with Gasteiger partial charge >= 0.3 is 5.97 Å². The number of aliphatic carboxylic acids is 1. The summed E-state index contributed by atoms with van der Waals surface area (Å²) in [6, 6.07) is 7.39. The number of hydrogen-bond acceptors (Lipinski definition) is 4. The van der Waals surface area contributed by atoms with E-state index in [-0.39, 0.29) is 12.0 Å². The van der Waals surface area contributed by atoms with Gasteiger partial charge in [-0.3, -0.25) is 18.9 Å². The van der Waals surface area contributed by atoms with Gasteiger partial charge in [0.25, 0.3) is 5.56 Å². The molecule has 0 spiro atoms. The molecular formula is C15H17N3O3. The molecule has 0 atom stereocenters. The summed E-state index contributed by atoms with van der Waals surface area (Å²) >= 11 is 0. The summed E-state index contributed by atoms with van der Waals surface area (Å²) in [5.74, 6) is -0.799. The average molecular weight is 287 g/mol. The minimum atomic E-state index is -0.799. The number of carboxylic acid groups (broad SMARTS) is 1. The summed E-state index contributed by atoms with van der Waals surface area (Å²) in [6.07, 6.45) is 3.99. The molecule has 21 heavy (non-hydrogen) atoms. The first-order valence-electron chi connectivity index (χ1n) is 7.06. The largest absolute Gasteiger partial charge is 0.481 e. The highest BCUT2D eigenvalue weighted by Crippen LogP contribution is 2.28. The third kappa shape index (κ3) is 3.28. The minimum absolute atomic E-state index is 0.107. The molecule has 0 amide bonds. The highest BCUT2D eigenvalue weighted by molar-refractivity contribution is 5.66. The zero-order chi connectivity index (χ0) is 14.8. The first kappa shape index (κ1) is 13.8. The monoisotopic (exact) mass is 287 g/mol. The summed E-state index contributed by atoms with van der Waals surface area (Å²) < 4.78 is 1.50. The van der Waals surface area contributed by atoms with E-state index in [2.05, 4.69) is 9.88 Å². The van der Waals surface area contributed by atoms with Gasteiger partial charge < -0.3 is 5.11 Å². The first-order chi connectivity index (χ1) is 10.1. The van der Waals surface area contributed by atoms with E-state index in [0.29, 0.717) is 30.5 Å². The second-order valence-electron chi connectivity index (χ2n) is 5.36. The van der Waals surface area contributed by atoms with Crippen LogP contribution in [0.3, 0.4) is 0 Å². The van der Waals surface area contributed by atoms with Crippen LogP contribution < -0.4 is 5.56 Å². The molecule has 2 aromatic heterocycles. The van der Waals surface area contributed by atoms with E-state index in [1.807, 2.05) is 6.07 Å². The number of carboxylic acids is 1. The first-order valence-corrected chi connectivity index (χ1v) is 7.06. The number of hydrogen-bond donors (Lipinski definition) is 1. The number of carbonyl (C=O) groups is 1. The van der Waals surface area contributed by atoms with Crippen molar-refractivity contribution in [2.24, 2.45) is 0 Å². The number of rotatable bonds is 6. The van der Waals surface area contributed by atoms with Gasteiger partial charge in [0.15, 0.2) is 0 Å². The Morgan fingerprint density at radius 2 is 2.24 bits per heavy atom. The van der Waals surface area contributed by atoms with Crippen molar-refractivity contribution in [3.8, 4) is 0 Å². The van der Waals surface area contributed by atoms with Crippen molar-refractivity contribution in [3.05, 3.63) is 46.5 Å². The van der Waals surface area contributed by atoms with Crippen LogP contribution in [0.1, 0.15) is 25.0 Å². The van der Waals surface area contributed by atoms with Crippen molar-refractivity contribution in [3.63, 3.8) is 0 Å². The van der Waals surface area contributed by atoms with Gasteiger partial charge in [-0.2, -0.15) is 0 Å². The highest BCUT2D eigenvalue weighted by atomic mass is 16.4. The molecule has 6 nitrogen and oxygen atoms in total. The lowest BCUT2D eigenvalue weighted by Crippen LogP contribution is -2.29. The van der Waals surface area contributed by atoms with Crippen LogP contribution >= 0.6 is 0 Å². The van der Waals surface area contributed by atoms with Crippen LogP contribution in [-0.2, 0) is 11.3 Å². The molecule has 3 rings (SSSR count). The molecule has 110 valence electrons. The summed E-state index contributed by atoms with van der Waals surface area (Å²) in [7, 11) is 0. The fraction of sp³-hybridized carbons (Fsp3) is 0.400. The Labute approximate surface area is 121 Å². The van der Waals surface area contributed by atoms with Crippen LogP contribution in [-0.4, -0.2) is 37.9 Å². The van der Waals surface area contributed by atoms with Crippen LogP contribution in [0.25, 0.3) is 5.65 Å². The molecule has 0 aliphatic heterocycles. The summed E-state index contributed by atoms with van der Waals surface area (Å²) in [4.78, 5) is 29.4. The standard InChI is InChI=1S/C15H17N3O3/c19-14-9-11(16-13-3-1-2-7-18(13)14)10-17(12-4-5-12)8-6-15(20)21/h1-3,7,9,12H,4-6,8,10H2,(H,20,21). The normalized spacial score (nSPS) is 14.7. The zero-order valence-electron chi connectivity index (χ0n) is 11.6. The molecule has 0 aromatic carbocycles. The van der Waals surface area contributed by atoms with Crippen LogP contribution in [0.5, 0.6) is 0 Å².